The van der Waals surface area contributed by atoms with Crippen LogP contribution in [-0.4, -0.2) is 18.2 Å². The summed E-state index contributed by atoms with van der Waals surface area (Å²) >= 11 is 1.46. The number of thioether (sulfide) groups is 1. The molecule has 0 spiro atoms. The Labute approximate surface area is 128 Å². The van der Waals surface area contributed by atoms with Crippen LogP contribution in [-0.2, 0) is 17.0 Å². The number of carbonyl (C=O) groups excluding carboxylic acids is 1. The molecular weight excluding hydrogens is 285 g/mol. The van der Waals surface area contributed by atoms with Crippen molar-refractivity contribution in [2.45, 2.75) is 12.2 Å². The minimum absolute atomic E-state index is 0.0984. The molecular formula is C17H16FNOS. The maximum absolute atomic E-state index is 13.5. The fraction of sp³-hybridized carbons (Fsp3) is 0.235. The monoisotopic (exact) mass is 301 g/mol. The lowest BCUT2D eigenvalue weighted by atomic mass is 10.2. The fourth-order valence-electron chi connectivity index (χ4n) is 2.54. The molecule has 0 bridgehead atoms. The number of halogens is 1. The third-order valence-corrected chi connectivity index (χ3v) is 4.60. The molecule has 0 fully saturated rings. The number of para-hydroxylation sites is 1. The molecule has 2 aromatic rings. The van der Waals surface area contributed by atoms with Gasteiger partial charge in [0, 0.05) is 18.0 Å². The number of anilines is 1. The zero-order chi connectivity index (χ0) is 14.7. The predicted molar refractivity (Wildman–Crippen MR) is 85.1 cm³/mol. The number of nitrogens with zero attached hydrogens (tertiary/aromatic N) is 1. The van der Waals surface area contributed by atoms with Crippen LogP contribution >= 0.6 is 11.8 Å². The van der Waals surface area contributed by atoms with E-state index in [2.05, 4.69) is 6.07 Å². The molecule has 0 atom stereocenters. The molecule has 21 heavy (non-hydrogen) atoms. The van der Waals surface area contributed by atoms with Crippen LogP contribution in [0.5, 0.6) is 0 Å². The fourth-order valence-corrected chi connectivity index (χ4v) is 3.43. The number of fused-ring (bicyclic) bond motifs is 1. The lowest BCUT2D eigenvalue weighted by molar-refractivity contribution is -0.116. The first kappa shape index (κ1) is 14.1. The van der Waals surface area contributed by atoms with Gasteiger partial charge < -0.3 is 4.90 Å². The van der Waals surface area contributed by atoms with E-state index < -0.39 is 0 Å². The lowest BCUT2D eigenvalue weighted by Crippen LogP contribution is -2.30. The van der Waals surface area contributed by atoms with Gasteiger partial charge in [-0.2, -0.15) is 0 Å². The first-order chi connectivity index (χ1) is 10.3. The Morgan fingerprint density at radius 3 is 2.76 bits per heavy atom. The molecule has 0 aliphatic carbocycles. The van der Waals surface area contributed by atoms with Gasteiger partial charge in [0.2, 0.25) is 5.91 Å². The van der Waals surface area contributed by atoms with Gasteiger partial charge in [-0.1, -0.05) is 36.4 Å². The maximum Gasteiger partial charge on any atom is 0.237 e. The highest BCUT2D eigenvalue weighted by molar-refractivity contribution is 7.99. The second-order valence-electron chi connectivity index (χ2n) is 5.01. The number of carbonyl (C=O) groups is 1. The largest absolute Gasteiger partial charge is 0.311 e. The van der Waals surface area contributed by atoms with E-state index in [0.717, 1.165) is 18.7 Å². The summed E-state index contributed by atoms with van der Waals surface area (Å²) in [7, 11) is 0. The molecule has 0 N–H and O–H groups in total. The molecule has 2 nitrogen and oxygen atoms in total. The molecule has 0 aromatic heterocycles. The van der Waals surface area contributed by atoms with Crippen LogP contribution in [0.1, 0.15) is 11.1 Å². The van der Waals surface area contributed by atoms with Crippen LogP contribution in [0.3, 0.4) is 0 Å². The molecule has 0 saturated carbocycles. The average molecular weight is 301 g/mol. The van der Waals surface area contributed by atoms with Gasteiger partial charge in [0.15, 0.2) is 0 Å². The molecule has 1 heterocycles. The SMILES string of the molecule is O=C(CSCc1ccccc1F)N1CCc2ccccc21. The minimum Gasteiger partial charge on any atom is -0.311 e. The highest BCUT2D eigenvalue weighted by Gasteiger charge is 2.23. The summed E-state index contributed by atoms with van der Waals surface area (Å²) in [4.78, 5) is 14.1. The zero-order valence-electron chi connectivity index (χ0n) is 11.6. The van der Waals surface area contributed by atoms with Gasteiger partial charge in [-0.25, -0.2) is 4.39 Å². The molecule has 0 unspecified atom stereocenters. The Morgan fingerprint density at radius 2 is 1.90 bits per heavy atom. The van der Waals surface area contributed by atoms with Crippen LogP contribution in [0.25, 0.3) is 0 Å². The average Bonchev–Trinajstić information content (AvgIpc) is 2.93. The van der Waals surface area contributed by atoms with Crippen molar-refractivity contribution < 1.29 is 9.18 Å². The van der Waals surface area contributed by atoms with Crippen LogP contribution in [0.2, 0.25) is 0 Å². The molecule has 108 valence electrons. The summed E-state index contributed by atoms with van der Waals surface area (Å²) in [5.74, 6) is 0.793. The molecule has 0 saturated heterocycles. The first-order valence-corrected chi connectivity index (χ1v) is 8.10. The zero-order valence-corrected chi connectivity index (χ0v) is 12.4. The van der Waals surface area contributed by atoms with Crippen molar-refractivity contribution in [3.8, 4) is 0 Å². The normalized spacial score (nSPS) is 13.3. The number of rotatable bonds is 4. The molecule has 1 aliphatic rings. The third kappa shape index (κ3) is 3.10. The molecule has 3 rings (SSSR count). The molecule has 1 aliphatic heterocycles. The summed E-state index contributed by atoms with van der Waals surface area (Å²) in [6, 6.07) is 14.7. The highest BCUT2D eigenvalue weighted by Crippen LogP contribution is 2.28. The summed E-state index contributed by atoms with van der Waals surface area (Å²) in [5, 5.41) is 0. The van der Waals surface area contributed by atoms with Crippen molar-refractivity contribution in [3.05, 3.63) is 65.5 Å². The Balaban J connectivity index is 1.57. The number of hydrogen-bond acceptors (Lipinski definition) is 2. The molecule has 2 aromatic carbocycles. The van der Waals surface area contributed by atoms with Crippen LogP contribution < -0.4 is 4.90 Å². The van der Waals surface area contributed by atoms with E-state index in [1.807, 2.05) is 29.2 Å². The van der Waals surface area contributed by atoms with Crippen molar-refractivity contribution in [1.29, 1.82) is 0 Å². The molecule has 1 amide bonds. The van der Waals surface area contributed by atoms with E-state index in [1.54, 1.807) is 12.1 Å². The third-order valence-electron chi connectivity index (χ3n) is 3.63. The van der Waals surface area contributed by atoms with Gasteiger partial charge in [-0.3, -0.25) is 4.79 Å². The predicted octanol–water partition coefficient (Wildman–Crippen LogP) is 3.65. The van der Waals surface area contributed by atoms with Crippen molar-refractivity contribution in [2.75, 3.05) is 17.2 Å². The summed E-state index contributed by atoms with van der Waals surface area (Å²) in [6.45, 7) is 0.748. The standard InChI is InChI=1S/C17H16FNOS/c18-15-7-3-1-6-14(15)11-21-12-17(20)19-10-9-13-5-2-4-8-16(13)19/h1-8H,9-12H2. The van der Waals surface area contributed by atoms with E-state index in [-0.39, 0.29) is 11.7 Å². The second-order valence-corrected chi connectivity index (χ2v) is 5.99. The quantitative estimate of drug-likeness (QED) is 0.859. The van der Waals surface area contributed by atoms with Crippen molar-refractivity contribution in [1.82, 2.24) is 0 Å². The highest BCUT2D eigenvalue weighted by atomic mass is 32.2. The lowest BCUT2D eigenvalue weighted by Gasteiger charge is -2.17. The molecule has 4 heteroatoms. The van der Waals surface area contributed by atoms with Crippen molar-refractivity contribution >= 4 is 23.4 Å². The van der Waals surface area contributed by atoms with Gasteiger partial charge in [0.1, 0.15) is 5.82 Å². The van der Waals surface area contributed by atoms with E-state index >= 15 is 0 Å². The molecule has 0 radical (unpaired) electrons. The Morgan fingerprint density at radius 1 is 1.14 bits per heavy atom. The maximum atomic E-state index is 13.5. The van der Waals surface area contributed by atoms with E-state index in [1.165, 1.54) is 23.4 Å². The van der Waals surface area contributed by atoms with Gasteiger partial charge >= 0.3 is 0 Å². The van der Waals surface area contributed by atoms with Crippen molar-refractivity contribution in [3.63, 3.8) is 0 Å². The minimum atomic E-state index is -0.205. The first-order valence-electron chi connectivity index (χ1n) is 6.95. The second kappa shape index (κ2) is 6.31. The number of amides is 1. The van der Waals surface area contributed by atoms with Crippen LogP contribution in [0.4, 0.5) is 10.1 Å². The summed E-state index contributed by atoms with van der Waals surface area (Å²) in [5.41, 5.74) is 2.90. The van der Waals surface area contributed by atoms with E-state index in [0.29, 0.717) is 17.1 Å². The Kier molecular flexibility index (Phi) is 4.25. The summed E-state index contributed by atoms with van der Waals surface area (Å²) < 4.78 is 13.5. The number of benzene rings is 2. The van der Waals surface area contributed by atoms with Crippen LogP contribution in [0.15, 0.2) is 48.5 Å². The van der Waals surface area contributed by atoms with E-state index in [9.17, 15) is 9.18 Å². The topological polar surface area (TPSA) is 20.3 Å². The van der Waals surface area contributed by atoms with Gasteiger partial charge in [-0.15, -0.1) is 11.8 Å². The number of hydrogen-bond donors (Lipinski definition) is 0. The van der Waals surface area contributed by atoms with Gasteiger partial charge in [-0.05, 0) is 29.7 Å². The smallest absolute Gasteiger partial charge is 0.237 e. The van der Waals surface area contributed by atoms with Crippen molar-refractivity contribution in [2.24, 2.45) is 0 Å². The van der Waals surface area contributed by atoms with Gasteiger partial charge in [0.25, 0.3) is 0 Å². The Hall–Kier alpha value is -1.81. The Bertz CT molecular complexity index is 659. The summed E-state index contributed by atoms with van der Waals surface area (Å²) in [6.07, 6.45) is 0.917. The van der Waals surface area contributed by atoms with Gasteiger partial charge in [0.05, 0.1) is 5.75 Å². The van der Waals surface area contributed by atoms with E-state index in [4.69, 9.17) is 0 Å². The van der Waals surface area contributed by atoms with Crippen LogP contribution in [0, 0.1) is 5.82 Å².